The van der Waals surface area contributed by atoms with E-state index >= 15 is 0 Å². The maximum absolute atomic E-state index is 5.48. The summed E-state index contributed by atoms with van der Waals surface area (Å²) in [6.07, 6.45) is 0. The van der Waals surface area contributed by atoms with Crippen molar-refractivity contribution < 1.29 is 9.47 Å². The van der Waals surface area contributed by atoms with Gasteiger partial charge in [0.15, 0.2) is 0 Å². The fourth-order valence-electron chi connectivity index (χ4n) is 2.29. The molecule has 1 atom stereocenters. The lowest BCUT2D eigenvalue weighted by Crippen LogP contribution is -2.18. The van der Waals surface area contributed by atoms with Crippen LogP contribution < -0.4 is 14.8 Å². The molecule has 0 spiro atoms. The van der Waals surface area contributed by atoms with Crippen LogP contribution in [0.15, 0.2) is 45.3 Å². The molecule has 0 aromatic heterocycles. The summed E-state index contributed by atoms with van der Waals surface area (Å²) in [7, 11) is 5.28. The Bertz CT molecular complexity index is 632. The van der Waals surface area contributed by atoms with Gasteiger partial charge in [0.2, 0.25) is 0 Å². The largest absolute Gasteiger partial charge is 0.496 e. The summed E-state index contributed by atoms with van der Waals surface area (Å²) in [5.41, 5.74) is 2.20. The number of rotatable bonds is 5. The highest BCUT2D eigenvalue weighted by Crippen LogP contribution is 2.35. The Morgan fingerprint density at radius 1 is 0.952 bits per heavy atom. The van der Waals surface area contributed by atoms with Gasteiger partial charge in [-0.1, -0.05) is 22.0 Å². The van der Waals surface area contributed by atoms with Crippen LogP contribution in [0.3, 0.4) is 0 Å². The van der Waals surface area contributed by atoms with E-state index in [0.717, 1.165) is 31.6 Å². The number of halogens is 2. The summed E-state index contributed by atoms with van der Waals surface area (Å²) in [6.45, 7) is 0. The van der Waals surface area contributed by atoms with Crippen molar-refractivity contribution in [3.63, 3.8) is 0 Å². The second kappa shape index (κ2) is 7.29. The highest BCUT2D eigenvalue weighted by Gasteiger charge is 2.18. The van der Waals surface area contributed by atoms with Gasteiger partial charge in [0.05, 0.1) is 24.7 Å². The molecule has 1 N–H and O–H groups in total. The van der Waals surface area contributed by atoms with Crippen LogP contribution in [0.4, 0.5) is 0 Å². The fraction of sp³-hybridized carbons (Fsp3) is 0.250. The van der Waals surface area contributed by atoms with E-state index in [9.17, 15) is 0 Å². The number of hydrogen-bond acceptors (Lipinski definition) is 3. The van der Waals surface area contributed by atoms with Crippen LogP contribution in [0.25, 0.3) is 0 Å². The zero-order valence-electron chi connectivity index (χ0n) is 12.1. The summed E-state index contributed by atoms with van der Waals surface area (Å²) >= 11 is 7.05. The van der Waals surface area contributed by atoms with Crippen LogP contribution in [0, 0.1) is 0 Å². The second-order valence-electron chi connectivity index (χ2n) is 4.50. The van der Waals surface area contributed by atoms with Crippen LogP contribution in [0.5, 0.6) is 11.5 Å². The van der Waals surface area contributed by atoms with Gasteiger partial charge in [0.25, 0.3) is 0 Å². The van der Waals surface area contributed by atoms with Gasteiger partial charge < -0.3 is 14.8 Å². The van der Waals surface area contributed by atoms with Gasteiger partial charge in [-0.2, -0.15) is 0 Å². The fourth-order valence-corrected chi connectivity index (χ4v) is 3.23. The van der Waals surface area contributed by atoms with Crippen LogP contribution in [0.1, 0.15) is 17.2 Å². The minimum atomic E-state index is 0.0275. The molecule has 21 heavy (non-hydrogen) atoms. The van der Waals surface area contributed by atoms with Crippen molar-refractivity contribution in [2.24, 2.45) is 0 Å². The van der Waals surface area contributed by atoms with Crippen LogP contribution in [0.2, 0.25) is 0 Å². The molecule has 2 aromatic carbocycles. The molecule has 3 nitrogen and oxygen atoms in total. The van der Waals surface area contributed by atoms with E-state index in [-0.39, 0.29) is 6.04 Å². The summed E-state index contributed by atoms with van der Waals surface area (Å²) in [5.74, 6) is 1.67. The molecule has 112 valence electrons. The quantitative estimate of drug-likeness (QED) is 0.779. The van der Waals surface area contributed by atoms with Crippen LogP contribution >= 0.6 is 31.9 Å². The smallest absolute Gasteiger partial charge is 0.133 e. The van der Waals surface area contributed by atoms with Gasteiger partial charge in [-0.25, -0.2) is 0 Å². The van der Waals surface area contributed by atoms with Crippen molar-refractivity contribution in [2.45, 2.75) is 6.04 Å². The van der Waals surface area contributed by atoms with Gasteiger partial charge in [-0.15, -0.1) is 0 Å². The summed E-state index contributed by atoms with van der Waals surface area (Å²) in [4.78, 5) is 0. The third-order valence-electron chi connectivity index (χ3n) is 3.30. The highest BCUT2D eigenvalue weighted by molar-refractivity contribution is 9.10. The summed E-state index contributed by atoms with van der Waals surface area (Å²) in [5, 5.41) is 3.34. The lowest BCUT2D eigenvalue weighted by Gasteiger charge is -2.21. The number of hydrogen-bond donors (Lipinski definition) is 1. The molecule has 2 aromatic rings. The van der Waals surface area contributed by atoms with Crippen molar-refractivity contribution in [1.82, 2.24) is 5.32 Å². The van der Waals surface area contributed by atoms with Crippen LogP contribution in [-0.4, -0.2) is 21.3 Å². The van der Waals surface area contributed by atoms with Crippen molar-refractivity contribution >= 4 is 31.9 Å². The van der Waals surface area contributed by atoms with E-state index < -0.39 is 0 Å². The SMILES string of the molecule is CNC(c1ccc(OC)c(Br)c1)c1cc(Br)ccc1OC. The Kier molecular flexibility index (Phi) is 5.67. The minimum Gasteiger partial charge on any atom is -0.496 e. The Labute approximate surface area is 141 Å². The Hall–Kier alpha value is -1.04. The van der Waals surface area contributed by atoms with E-state index in [1.807, 2.05) is 31.3 Å². The number of methoxy groups -OCH3 is 2. The molecule has 2 rings (SSSR count). The molecule has 0 bridgehead atoms. The van der Waals surface area contributed by atoms with Gasteiger partial charge in [0, 0.05) is 10.0 Å². The first-order valence-corrected chi connectivity index (χ1v) is 8.03. The molecule has 0 radical (unpaired) electrons. The zero-order chi connectivity index (χ0) is 15.4. The van der Waals surface area contributed by atoms with Crippen molar-refractivity contribution in [3.8, 4) is 11.5 Å². The highest BCUT2D eigenvalue weighted by atomic mass is 79.9. The van der Waals surface area contributed by atoms with Gasteiger partial charge in [0.1, 0.15) is 11.5 Å². The van der Waals surface area contributed by atoms with Crippen molar-refractivity contribution in [2.75, 3.05) is 21.3 Å². The molecule has 5 heteroatoms. The van der Waals surface area contributed by atoms with Crippen LogP contribution in [-0.2, 0) is 0 Å². The van der Waals surface area contributed by atoms with Gasteiger partial charge >= 0.3 is 0 Å². The Morgan fingerprint density at radius 2 is 1.62 bits per heavy atom. The second-order valence-corrected chi connectivity index (χ2v) is 6.27. The van der Waals surface area contributed by atoms with E-state index in [0.29, 0.717) is 0 Å². The van der Waals surface area contributed by atoms with Gasteiger partial charge in [-0.3, -0.25) is 0 Å². The molecular formula is C16H17Br2NO2. The first-order chi connectivity index (χ1) is 10.1. The minimum absolute atomic E-state index is 0.0275. The molecule has 0 saturated heterocycles. The topological polar surface area (TPSA) is 30.5 Å². The molecule has 0 heterocycles. The van der Waals surface area contributed by atoms with E-state index in [1.165, 1.54) is 0 Å². The number of benzene rings is 2. The van der Waals surface area contributed by atoms with Crippen molar-refractivity contribution in [3.05, 3.63) is 56.5 Å². The third-order valence-corrected chi connectivity index (χ3v) is 4.41. The summed E-state index contributed by atoms with van der Waals surface area (Å²) < 4.78 is 12.7. The monoisotopic (exact) mass is 413 g/mol. The number of nitrogens with one attached hydrogen (secondary N) is 1. The first kappa shape index (κ1) is 16.3. The predicted octanol–water partition coefficient (Wildman–Crippen LogP) is 4.54. The third kappa shape index (κ3) is 3.59. The number of ether oxygens (including phenoxy) is 2. The van der Waals surface area contributed by atoms with E-state index in [1.54, 1.807) is 14.2 Å². The molecule has 0 amide bonds. The molecule has 1 unspecified atom stereocenters. The Balaban J connectivity index is 2.49. The average Bonchev–Trinajstić information content (AvgIpc) is 2.48. The summed E-state index contributed by atoms with van der Waals surface area (Å²) in [6, 6.07) is 12.1. The predicted molar refractivity (Wildman–Crippen MR) is 92.3 cm³/mol. The lowest BCUT2D eigenvalue weighted by atomic mass is 9.98. The normalized spacial score (nSPS) is 12.0. The zero-order valence-corrected chi connectivity index (χ0v) is 15.3. The average molecular weight is 415 g/mol. The standard InChI is InChI=1S/C16H17Br2NO2/c1-19-16(10-4-6-15(21-3)13(18)8-10)12-9-11(17)5-7-14(12)20-2/h4-9,16,19H,1-3H3. The molecule has 0 aliphatic carbocycles. The lowest BCUT2D eigenvalue weighted by molar-refractivity contribution is 0.405. The first-order valence-electron chi connectivity index (χ1n) is 6.44. The van der Waals surface area contributed by atoms with E-state index in [2.05, 4.69) is 49.3 Å². The molecule has 0 saturated carbocycles. The molecule has 0 aliphatic rings. The van der Waals surface area contributed by atoms with Crippen molar-refractivity contribution in [1.29, 1.82) is 0 Å². The molecule has 0 fully saturated rings. The van der Waals surface area contributed by atoms with E-state index in [4.69, 9.17) is 9.47 Å². The van der Waals surface area contributed by atoms with Gasteiger partial charge in [-0.05, 0) is 58.9 Å². The molecule has 0 aliphatic heterocycles. The maximum Gasteiger partial charge on any atom is 0.133 e. The maximum atomic E-state index is 5.48. The Morgan fingerprint density at radius 3 is 2.19 bits per heavy atom. The molecular weight excluding hydrogens is 398 g/mol.